The fourth-order valence-corrected chi connectivity index (χ4v) is 7.53. The molecule has 262 valence electrons. The number of nitrogens with one attached hydrogen (secondary N) is 1. The number of nitrogens with two attached hydrogens (primary N) is 1. The SMILES string of the molecule is Nc1nc(C(ON=CC(=O)N[C@@H]2C(=O)N3C(C(=O)O)=C(/C=C\C[n+]4cccc5ccccc54)CS[C@@H]23)(C(=O)O)c2cc(O)c(O)c(F)c2F)cs1. The van der Waals surface area contributed by atoms with Crippen LogP contribution in [0.5, 0.6) is 11.5 Å². The van der Waals surface area contributed by atoms with Gasteiger partial charge in [-0.05, 0) is 29.8 Å². The van der Waals surface area contributed by atoms with Crippen molar-refractivity contribution in [3.05, 3.63) is 100 Å². The van der Waals surface area contributed by atoms with Gasteiger partial charge in [0.2, 0.25) is 11.3 Å². The zero-order chi connectivity index (χ0) is 36.6. The highest BCUT2D eigenvalue weighted by Gasteiger charge is 2.54. The Balaban J connectivity index is 1.19. The highest BCUT2D eigenvalue weighted by molar-refractivity contribution is 8.00. The lowest BCUT2D eigenvalue weighted by atomic mass is 9.89. The fourth-order valence-electron chi connectivity index (χ4n) is 5.61. The Morgan fingerprint density at radius 3 is 2.63 bits per heavy atom. The second-order valence-corrected chi connectivity index (χ2v) is 13.0. The molecule has 1 fully saturated rings. The van der Waals surface area contributed by atoms with E-state index in [0.29, 0.717) is 35.7 Å². The summed E-state index contributed by atoms with van der Waals surface area (Å²) >= 11 is 1.90. The minimum absolute atomic E-state index is 0.190. The van der Waals surface area contributed by atoms with Gasteiger partial charge in [-0.15, -0.1) is 23.1 Å². The number of oxime groups is 1. The molecule has 2 aromatic carbocycles. The predicted molar refractivity (Wildman–Crippen MR) is 177 cm³/mol. The molecule has 2 aromatic heterocycles. The van der Waals surface area contributed by atoms with Crippen molar-refractivity contribution in [3.63, 3.8) is 0 Å². The molecule has 1 unspecified atom stereocenters. The van der Waals surface area contributed by atoms with Crippen molar-refractivity contribution >= 4 is 69.1 Å². The summed E-state index contributed by atoms with van der Waals surface area (Å²) in [5.41, 5.74) is 1.81. The number of hydrogen-bond acceptors (Lipinski definition) is 12. The number of pyridine rings is 1. The normalized spacial score (nSPS) is 18.5. The van der Waals surface area contributed by atoms with E-state index in [-0.39, 0.29) is 16.6 Å². The molecule has 1 saturated heterocycles. The quantitative estimate of drug-likeness (QED) is 0.0428. The van der Waals surface area contributed by atoms with E-state index in [1.54, 1.807) is 12.2 Å². The molecule has 19 heteroatoms. The number of aromatic nitrogens is 2. The third-order valence-electron chi connectivity index (χ3n) is 7.99. The average Bonchev–Trinajstić information content (AvgIpc) is 3.55. The molecule has 0 saturated carbocycles. The van der Waals surface area contributed by atoms with Crippen LogP contribution in [0.15, 0.2) is 82.6 Å². The van der Waals surface area contributed by atoms with E-state index in [1.807, 2.05) is 47.2 Å². The number of carbonyl (C=O) groups is 4. The molecule has 2 aliphatic heterocycles. The summed E-state index contributed by atoms with van der Waals surface area (Å²) in [7, 11) is 0. The standard InChI is InChI=1S/C32H24F2N6O9S2/c33-22-17(11-19(41)26(43)23(22)34)32(30(47)48,20-14-51-31(35)37-20)49-36-12-21(42)38-24-27(44)40-25(29(45)46)16(13-50-28(24)40)7-4-10-39-9-3-6-15-5-1-2-8-18(15)39/h1-9,11-12,14,24,28H,10,13H2,(H6-,35,36,37,38,41,42,43,45,46,47,48)/p+1/b7-4-/t24-,28+,32?/m1/s1. The monoisotopic (exact) mass is 739 g/mol. The maximum absolute atomic E-state index is 15.0. The number of aromatic hydroxyl groups is 2. The Kier molecular flexibility index (Phi) is 9.32. The van der Waals surface area contributed by atoms with E-state index in [0.717, 1.165) is 21.2 Å². The number of benzene rings is 2. The number of thioether (sulfide) groups is 1. The van der Waals surface area contributed by atoms with Gasteiger partial charge in [0.25, 0.3) is 11.8 Å². The molecule has 3 atom stereocenters. The zero-order valence-corrected chi connectivity index (χ0v) is 27.4. The van der Waals surface area contributed by atoms with Gasteiger partial charge in [-0.3, -0.25) is 14.5 Å². The van der Waals surface area contributed by atoms with E-state index in [4.69, 9.17) is 10.6 Å². The number of rotatable bonds is 11. The van der Waals surface area contributed by atoms with Crippen LogP contribution < -0.4 is 15.6 Å². The molecular formula is C32H25F2N6O9S2+. The second kappa shape index (κ2) is 13.7. The number of anilines is 1. The first-order valence-electron chi connectivity index (χ1n) is 14.7. The van der Waals surface area contributed by atoms with Crippen LogP contribution >= 0.6 is 23.1 Å². The maximum atomic E-state index is 15.0. The van der Waals surface area contributed by atoms with Crippen LogP contribution in [0.3, 0.4) is 0 Å². The van der Waals surface area contributed by atoms with E-state index < -0.39 is 75.2 Å². The van der Waals surface area contributed by atoms with Gasteiger partial charge in [0, 0.05) is 28.7 Å². The van der Waals surface area contributed by atoms with E-state index >= 15 is 4.39 Å². The van der Waals surface area contributed by atoms with Crippen LogP contribution in [0, 0.1) is 11.6 Å². The van der Waals surface area contributed by atoms with Gasteiger partial charge in [0.1, 0.15) is 29.0 Å². The smallest absolute Gasteiger partial charge is 0.362 e. The first-order valence-corrected chi connectivity index (χ1v) is 16.6. The lowest BCUT2D eigenvalue weighted by molar-refractivity contribution is -0.661. The number of carboxylic acids is 2. The Morgan fingerprint density at radius 1 is 1.18 bits per heavy atom. The number of carbonyl (C=O) groups excluding carboxylic acids is 2. The molecule has 0 spiro atoms. The molecule has 51 heavy (non-hydrogen) atoms. The molecule has 4 aromatic rings. The lowest BCUT2D eigenvalue weighted by Gasteiger charge is -2.49. The number of allylic oxidation sites excluding steroid dienone is 2. The zero-order valence-electron chi connectivity index (χ0n) is 25.8. The summed E-state index contributed by atoms with van der Waals surface area (Å²) in [5, 5.41) is 46.4. The van der Waals surface area contributed by atoms with E-state index in [9.17, 15) is 44.0 Å². The minimum atomic E-state index is -3.12. The van der Waals surface area contributed by atoms with E-state index in [1.165, 1.54) is 11.8 Å². The predicted octanol–water partition coefficient (Wildman–Crippen LogP) is 2.18. The van der Waals surface area contributed by atoms with Gasteiger partial charge in [0.15, 0.2) is 35.2 Å². The number of nitrogens with zero attached hydrogens (tertiary/aromatic N) is 4. The molecule has 15 nitrogen and oxygen atoms in total. The van der Waals surface area contributed by atoms with E-state index in [2.05, 4.69) is 15.5 Å². The summed E-state index contributed by atoms with van der Waals surface area (Å²) in [4.78, 5) is 60.7. The number of β-lactam (4-membered cyclic amide) rings is 1. The Labute approximate surface area is 293 Å². The summed E-state index contributed by atoms with van der Waals surface area (Å²) in [6.45, 7) is 0.425. The molecule has 2 amide bonds. The minimum Gasteiger partial charge on any atom is -0.504 e. The van der Waals surface area contributed by atoms with Gasteiger partial charge >= 0.3 is 17.5 Å². The molecule has 7 N–H and O–H groups in total. The van der Waals surface area contributed by atoms with Gasteiger partial charge in [-0.2, -0.15) is 8.96 Å². The van der Waals surface area contributed by atoms with Crippen LogP contribution in [0.25, 0.3) is 10.9 Å². The number of phenolic OH excluding ortho intramolecular Hbond substituents is 2. The number of aliphatic carboxylic acids is 2. The van der Waals surface area contributed by atoms with Crippen LogP contribution in [0.4, 0.5) is 13.9 Å². The van der Waals surface area contributed by atoms with Gasteiger partial charge in [0.05, 0.1) is 5.56 Å². The topological polar surface area (TPSA) is 229 Å². The maximum Gasteiger partial charge on any atom is 0.362 e. The van der Waals surface area contributed by atoms with Crippen LogP contribution in [0.2, 0.25) is 0 Å². The highest BCUT2D eigenvalue weighted by atomic mass is 32.2. The summed E-state index contributed by atoms with van der Waals surface area (Å²) in [6.07, 6.45) is 5.72. The molecule has 6 rings (SSSR count). The summed E-state index contributed by atoms with van der Waals surface area (Å²) in [6, 6.07) is 10.8. The van der Waals surface area contributed by atoms with Crippen molar-refractivity contribution in [2.24, 2.45) is 5.16 Å². The number of phenols is 2. The number of halogens is 2. The third kappa shape index (κ3) is 6.16. The highest BCUT2D eigenvalue weighted by Crippen LogP contribution is 2.43. The van der Waals surface area contributed by atoms with Crippen LogP contribution in [0.1, 0.15) is 11.3 Å². The Hall–Kier alpha value is -6.08. The number of amides is 2. The number of carboxylic acid groups (broad SMARTS) is 2. The number of hydrogen-bond donors (Lipinski definition) is 6. The Bertz CT molecular complexity index is 2210. The largest absolute Gasteiger partial charge is 0.504 e. The van der Waals surface area contributed by atoms with Crippen molar-refractivity contribution in [3.8, 4) is 11.5 Å². The fraction of sp³-hybridized carbons (Fsp3) is 0.156. The van der Waals surface area contributed by atoms with Crippen molar-refractivity contribution in [1.82, 2.24) is 15.2 Å². The number of nitrogen functional groups attached to an aromatic ring is 1. The molecule has 2 aliphatic rings. The van der Waals surface area contributed by atoms with Crippen molar-refractivity contribution < 1.29 is 57.8 Å². The third-order valence-corrected chi connectivity index (χ3v) is 9.97. The van der Waals surface area contributed by atoms with Gasteiger partial charge in [-0.1, -0.05) is 23.4 Å². The Morgan fingerprint density at radius 2 is 1.92 bits per heavy atom. The number of fused-ring (bicyclic) bond motifs is 2. The molecular weight excluding hydrogens is 715 g/mol. The number of thiazole rings is 1. The first kappa shape index (κ1) is 34.8. The lowest BCUT2D eigenvalue weighted by Crippen LogP contribution is -2.70. The van der Waals surface area contributed by atoms with Crippen molar-refractivity contribution in [1.29, 1.82) is 0 Å². The summed E-state index contributed by atoms with van der Waals surface area (Å²) < 4.78 is 31.4. The molecule has 0 radical (unpaired) electrons. The van der Waals surface area contributed by atoms with Crippen LogP contribution in [-0.2, 0) is 36.2 Å². The van der Waals surface area contributed by atoms with Gasteiger partial charge < -0.3 is 36.3 Å². The molecule has 0 bridgehead atoms. The molecule has 4 heterocycles. The average molecular weight is 740 g/mol. The van der Waals surface area contributed by atoms with Crippen molar-refractivity contribution in [2.75, 3.05) is 11.5 Å². The summed E-state index contributed by atoms with van der Waals surface area (Å²) in [5.74, 6) is -11.7. The first-order chi connectivity index (χ1) is 24.3. The van der Waals surface area contributed by atoms with Crippen LogP contribution in [-0.4, -0.2) is 77.4 Å². The molecule has 0 aliphatic carbocycles. The second-order valence-electron chi connectivity index (χ2n) is 11.0. The van der Waals surface area contributed by atoms with Crippen molar-refractivity contribution in [2.45, 2.75) is 23.6 Å². The van der Waals surface area contributed by atoms with Gasteiger partial charge in [-0.25, -0.2) is 19.0 Å². The number of para-hydroxylation sites is 1.